The Labute approximate surface area is 430 Å². The van der Waals surface area contributed by atoms with Crippen LogP contribution in [-0.4, -0.2) is 135 Å². The van der Waals surface area contributed by atoms with Crippen LogP contribution in [0.4, 0.5) is 17.3 Å². The number of likely N-dealkylation sites (tertiary alicyclic amines) is 3. The first-order valence-electron chi connectivity index (χ1n) is 27.8. The monoisotopic (exact) mass is 994 g/mol. The lowest BCUT2D eigenvalue weighted by atomic mass is 9.72. The fraction of sp³-hybridized carbons (Fsp3) is 0.614. The van der Waals surface area contributed by atoms with Crippen LogP contribution < -0.4 is 20.4 Å². The highest BCUT2D eigenvalue weighted by Crippen LogP contribution is 2.45. The van der Waals surface area contributed by atoms with Crippen LogP contribution in [0.3, 0.4) is 0 Å². The van der Waals surface area contributed by atoms with Crippen LogP contribution in [0.2, 0.25) is 0 Å². The van der Waals surface area contributed by atoms with E-state index in [2.05, 4.69) is 75.0 Å². The maximum absolute atomic E-state index is 14.4. The van der Waals surface area contributed by atoms with Gasteiger partial charge in [0.05, 0.1) is 29.4 Å². The Bertz CT molecular complexity index is 2690. The maximum Gasteiger partial charge on any atom is 0.234 e. The molecule has 16 nitrogen and oxygen atoms in total. The Kier molecular flexibility index (Phi) is 14.0. The van der Waals surface area contributed by atoms with Crippen LogP contribution in [0.5, 0.6) is 0 Å². The number of pyridine rings is 2. The first-order valence-corrected chi connectivity index (χ1v) is 27.8. The summed E-state index contributed by atoms with van der Waals surface area (Å²) in [4.78, 5) is 91.4. The first kappa shape index (κ1) is 49.3. The molecule has 0 radical (unpaired) electrons. The molecule has 4 aromatic rings. The minimum absolute atomic E-state index is 0.119. The number of fused-ring (bicyclic) bond motifs is 1. The van der Waals surface area contributed by atoms with Crippen LogP contribution in [0.1, 0.15) is 147 Å². The lowest BCUT2D eigenvalue weighted by Crippen LogP contribution is -2.55. The normalized spacial score (nSPS) is 25.1. The van der Waals surface area contributed by atoms with Crippen molar-refractivity contribution in [2.24, 2.45) is 11.8 Å². The van der Waals surface area contributed by atoms with Crippen molar-refractivity contribution < 1.29 is 24.0 Å². The van der Waals surface area contributed by atoms with Crippen molar-refractivity contribution >= 4 is 58.4 Å². The number of piperidine rings is 5. The number of benzene rings is 1. The molecule has 2 unspecified atom stereocenters. The third kappa shape index (κ3) is 10.3. The summed E-state index contributed by atoms with van der Waals surface area (Å²) in [6, 6.07) is 13.9. The van der Waals surface area contributed by atoms with Crippen LogP contribution in [0.15, 0.2) is 48.9 Å². The van der Waals surface area contributed by atoms with E-state index < -0.39 is 0 Å². The zero-order chi connectivity index (χ0) is 50.4. The van der Waals surface area contributed by atoms with Gasteiger partial charge in [-0.05, 0) is 151 Å². The minimum atomic E-state index is -0.355. The van der Waals surface area contributed by atoms with Crippen molar-refractivity contribution in [1.82, 2.24) is 39.5 Å². The van der Waals surface area contributed by atoms with Gasteiger partial charge in [-0.3, -0.25) is 29.3 Å². The summed E-state index contributed by atoms with van der Waals surface area (Å²) in [5.74, 6) is 1.26. The Morgan fingerprint density at radius 3 is 2.36 bits per heavy atom. The zero-order valence-electron chi connectivity index (χ0n) is 43.3. The van der Waals surface area contributed by atoms with Gasteiger partial charge in [-0.25, -0.2) is 15.0 Å². The van der Waals surface area contributed by atoms with E-state index in [0.717, 1.165) is 148 Å². The van der Waals surface area contributed by atoms with Crippen LogP contribution >= 0.6 is 0 Å². The highest BCUT2D eigenvalue weighted by Gasteiger charge is 2.43. The molecule has 8 heterocycles. The summed E-state index contributed by atoms with van der Waals surface area (Å²) in [6.45, 7) is 13.0. The number of carbonyl (C=O) groups is 5. The number of anilines is 3. The van der Waals surface area contributed by atoms with Crippen molar-refractivity contribution in [2.75, 3.05) is 67.5 Å². The molecule has 2 atom stereocenters. The molecule has 388 valence electrons. The second kappa shape index (κ2) is 20.8. The van der Waals surface area contributed by atoms with E-state index >= 15 is 0 Å². The Morgan fingerprint density at radius 1 is 0.877 bits per heavy atom. The number of imidazole rings is 1. The van der Waals surface area contributed by atoms with Gasteiger partial charge in [-0.15, -0.1) is 0 Å². The van der Waals surface area contributed by atoms with Crippen LogP contribution in [0, 0.1) is 11.8 Å². The third-order valence-electron chi connectivity index (χ3n) is 17.9. The average molecular weight is 994 g/mol. The molecule has 2 N–H and O–H groups in total. The topological polar surface area (TPSA) is 169 Å². The molecule has 11 rings (SSSR count). The van der Waals surface area contributed by atoms with Gasteiger partial charge in [0.15, 0.2) is 5.82 Å². The number of amides is 5. The number of imide groups is 1. The third-order valence-corrected chi connectivity index (χ3v) is 17.9. The van der Waals surface area contributed by atoms with E-state index in [4.69, 9.17) is 9.97 Å². The van der Waals surface area contributed by atoms with Gasteiger partial charge < -0.3 is 34.4 Å². The molecular formula is C57H75N11O5. The van der Waals surface area contributed by atoms with E-state index in [9.17, 15) is 24.0 Å². The predicted octanol–water partition coefficient (Wildman–Crippen LogP) is 7.57. The van der Waals surface area contributed by atoms with Crippen molar-refractivity contribution in [2.45, 2.75) is 159 Å². The van der Waals surface area contributed by atoms with Gasteiger partial charge >= 0.3 is 0 Å². The molecule has 1 aromatic carbocycles. The van der Waals surface area contributed by atoms with E-state index in [0.29, 0.717) is 57.5 Å². The number of hydrogen-bond acceptors (Lipinski definition) is 11. The molecule has 2 aliphatic carbocycles. The number of hydrogen-bond donors (Lipinski definition) is 2. The predicted molar refractivity (Wildman–Crippen MR) is 282 cm³/mol. The molecule has 73 heavy (non-hydrogen) atoms. The van der Waals surface area contributed by atoms with Gasteiger partial charge in [-0.2, -0.15) is 0 Å². The molecule has 0 bridgehead atoms. The van der Waals surface area contributed by atoms with Crippen LogP contribution in [0.25, 0.3) is 22.3 Å². The lowest BCUT2D eigenvalue weighted by Gasteiger charge is -2.49. The number of aromatic nitrogens is 4. The van der Waals surface area contributed by atoms with Crippen molar-refractivity contribution in [3.8, 4) is 11.3 Å². The lowest BCUT2D eigenvalue weighted by molar-refractivity contribution is -0.142. The fourth-order valence-corrected chi connectivity index (χ4v) is 12.9. The van der Waals surface area contributed by atoms with Gasteiger partial charge in [0.2, 0.25) is 30.0 Å². The quantitative estimate of drug-likeness (QED) is 0.0944. The Balaban J connectivity index is 0.741. The maximum atomic E-state index is 14.4. The van der Waals surface area contributed by atoms with E-state index in [1.54, 1.807) is 6.20 Å². The van der Waals surface area contributed by atoms with E-state index in [-0.39, 0.29) is 58.9 Å². The summed E-state index contributed by atoms with van der Waals surface area (Å²) >= 11 is 0. The first-order chi connectivity index (χ1) is 35.4. The summed E-state index contributed by atoms with van der Waals surface area (Å²) in [7, 11) is 0. The number of nitrogens with one attached hydrogen (secondary N) is 2. The van der Waals surface area contributed by atoms with E-state index in [1.165, 1.54) is 19.3 Å². The molecule has 5 saturated heterocycles. The van der Waals surface area contributed by atoms with Crippen molar-refractivity contribution in [3.05, 3.63) is 60.0 Å². The Morgan fingerprint density at radius 2 is 1.66 bits per heavy atom. The summed E-state index contributed by atoms with van der Waals surface area (Å²) in [6.07, 6.45) is 19.0. The fourth-order valence-electron chi connectivity index (χ4n) is 12.9. The molecule has 5 amide bonds. The molecule has 2 saturated carbocycles. The minimum Gasteiger partial charge on any atom is -0.366 e. The second-order valence-electron chi connectivity index (χ2n) is 23.2. The van der Waals surface area contributed by atoms with Gasteiger partial charge in [0.25, 0.3) is 0 Å². The average Bonchev–Trinajstić information content (AvgIpc) is 4.11. The summed E-state index contributed by atoms with van der Waals surface area (Å²) < 4.78 is 2.19. The molecule has 3 aromatic heterocycles. The van der Waals surface area contributed by atoms with E-state index in [1.807, 2.05) is 33.2 Å². The van der Waals surface area contributed by atoms with Gasteiger partial charge in [0.1, 0.15) is 11.3 Å². The number of nitrogens with zero attached hydrogens (tertiary/aromatic N) is 9. The highest BCUT2D eigenvalue weighted by atomic mass is 16.2. The molecule has 5 aliphatic heterocycles. The second-order valence-corrected chi connectivity index (χ2v) is 23.2. The standard InChI is InChI=1S/C57H75N11O5/c1-37(2)67-35-59-48-32-47(61-54(53(48)67)60-42-11-12-42)39-9-14-46(49(29-39)68(36-69)44-30-43(31-44)63-21-5-4-6-22-63)57(3)19-26-65(27-20-57)56(73)41-8-7-23-66(34-41)52(71)28-38-17-24-64(25-18-38)50-15-10-40(33-58-50)45-13-16-51(70)62-55(45)72/h9-10,14-15,29,32-33,35-38,41-45H,4-8,11-13,16-28,30-31,34H2,1-3H3,(H,60,61)(H,62,70,72). The highest BCUT2D eigenvalue weighted by molar-refractivity contribution is 6.01. The summed E-state index contributed by atoms with van der Waals surface area (Å²) in [5, 5.41) is 6.14. The molecule has 16 heteroatoms. The Hall–Kier alpha value is -5.90. The molecule has 7 fully saturated rings. The van der Waals surface area contributed by atoms with Crippen molar-refractivity contribution in [3.63, 3.8) is 0 Å². The largest absolute Gasteiger partial charge is 0.366 e. The molecular weight excluding hydrogens is 919 g/mol. The SMILES string of the molecule is CC(C)n1cnc2cc(-c3ccc(C4(C)CCN(C(=O)C5CCCN(C(=O)CC6CCN(c7ccc(C8CCC(=O)NC8=O)cn7)CC6)C5)CC4)c(N(C=O)C4CC(N5CCCCC5)C4)c3)nc(NC3CC3)c21. The smallest absolute Gasteiger partial charge is 0.234 e. The number of carbonyl (C=O) groups excluding carboxylic acids is 5. The zero-order valence-corrected chi connectivity index (χ0v) is 43.3. The van der Waals surface area contributed by atoms with Crippen molar-refractivity contribution in [1.29, 1.82) is 0 Å². The van der Waals surface area contributed by atoms with Crippen LogP contribution in [-0.2, 0) is 29.4 Å². The summed E-state index contributed by atoms with van der Waals surface area (Å²) in [5.41, 5.74) is 6.38. The van der Waals surface area contributed by atoms with Gasteiger partial charge in [0, 0.05) is 93.7 Å². The molecule has 0 spiro atoms. The number of rotatable bonds is 14. The van der Waals surface area contributed by atoms with Gasteiger partial charge in [-0.1, -0.05) is 31.5 Å². The molecule has 7 aliphatic rings.